The second-order valence-corrected chi connectivity index (χ2v) is 4.64. The first-order valence-corrected chi connectivity index (χ1v) is 6.05. The van der Waals surface area contributed by atoms with E-state index in [9.17, 15) is 4.79 Å². The van der Waals surface area contributed by atoms with Crippen molar-refractivity contribution in [3.8, 4) is 11.4 Å². The van der Waals surface area contributed by atoms with Gasteiger partial charge in [0.1, 0.15) is 11.3 Å². The fraction of sp³-hybridized carbons (Fsp3) is 0.231. The van der Waals surface area contributed by atoms with Gasteiger partial charge in [0.05, 0.1) is 5.69 Å². The van der Waals surface area contributed by atoms with Gasteiger partial charge < -0.3 is 4.98 Å². The van der Waals surface area contributed by atoms with Crippen LogP contribution in [-0.2, 0) is 0 Å². The van der Waals surface area contributed by atoms with Gasteiger partial charge in [0.2, 0.25) is 0 Å². The van der Waals surface area contributed by atoms with Crippen molar-refractivity contribution >= 4 is 11.0 Å². The molecular formula is C13H13N5O. The van der Waals surface area contributed by atoms with E-state index in [1.54, 1.807) is 24.5 Å². The third-order valence-electron chi connectivity index (χ3n) is 2.97. The van der Waals surface area contributed by atoms with Gasteiger partial charge in [-0.25, -0.2) is 4.98 Å². The second-order valence-electron chi connectivity index (χ2n) is 4.64. The fourth-order valence-electron chi connectivity index (χ4n) is 1.98. The van der Waals surface area contributed by atoms with E-state index in [1.807, 2.05) is 13.8 Å². The summed E-state index contributed by atoms with van der Waals surface area (Å²) in [6.45, 7) is 4.06. The quantitative estimate of drug-likeness (QED) is 0.731. The summed E-state index contributed by atoms with van der Waals surface area (Å²) in [6, 6.07) is 3.61. The van der Waals surface area contributed by atoms with E-state index < -0.39 is 0 Å². The number of aromatic nitrogens is 5. The van der Waals surface area contributed by atoms with Crippen LogP contribution in [0.4, 0.5) is 0 Å². The maximum absolute atomic E-state index is 12.0. The minimum absolute atomic E-state index is 0.226. The van der Waals surface area contributed by atoms with E-state index in [0.717, 1.165) is 11.3 Å². The van der Waals surface area contributed by atoms with Crippen LogP contribution in [0.5, 0.6) is 0 Å². The monoisotopic (exact) mass is 255 g/mol. The van der Waals surface area contributed by atoms with Gasteiger partial charge in [-0.15, -0.1) is 0 Å². The van der Waals surface area contributed by atoms with E-state index in [-0.39, 0.29) is 11.5 Å². The Morgan fingerprint density at radius 3 is 2.58 bits per heavy atom. The molecule has 3 rings (SSSR count). The second kappa shape index (κ2) is 4.31. The lowest BCUT2D eigenvalue weighted by atomic mass is 10.1. The summed E-state index contributed by atoms with van der Waals surface area (Å²) in [4.78, 5) is 23.2. The molecule has 0 unspecified atom stereocenters. The molecule has 0 fully saturated rings. The number of hydrogen-bond acceptors (Lipinski definition) is 4. The molecule has 3 aromatic heterocycles. The summed E-state index contributed by atoms with van der Waals surface area (Å²) < 4.78 is 0. The van der Waals surface area contributed by atoms with Gasteiger partial charge in [0, 0.05) is 18.0 Å². The minimum Gasteiger partial charge on any atom is -0.305 e. The van der Waals surface area contributed by atoms with Gasteiger partial charge in [0.15, 0.2) is 5.52 Å². The Morgan fingerprint density at radius 2 is 1.89 bits per heavy atom. The van der Waals surface area contributed by atoms with Crippen molar-refractivity contribution in [1.82, 2.24) is 25.1 Å². The van der Waals surface area contributed by atoms with Crippen molar-refractivity contribution in [1.29, 1.82) is 0 Å². The van der Waals surface area contributed by atoms with E-state index in [4.69, 9.17) is 0 Å². The Kier molecular flexibility index (Phi) is 2.63. The Hall–Kier alpha value is -2.50. The normalized spacial score (nSPS) is 11.3. The van der Waals surface area contributed by atoms with E-state index in [2.05, 4.69) is 25.1 Å². The molecule has 0 atom stereocenters. The zero-order chi connectivity index (χ0) is 13.4. The zero-order valence-corrected chi connectivity index (χ0v) is 10.6. The average Bonchev–Trinajstić information content (AvgIpc) is 2.84. The third-order valence-corrected chi connectivity index (χ3v) is 2.97. The van der Waals surface area contributed by atoms with Crippen LogP contribution in [0.15, 0.2) is 29.3 Å². The molecular weight excluding hydrogens is 242 g/mol. The zero-order valence-electron chi connectivity index (χ0n) is 10.6. The number of hydrogen-bond donors (Lipinski definition) is 2. The average molecular weight is 255 g/mol. The lowest BCUT2D eigenvalue weighted by molar-refractivity contribution is 0.815. The van der Waals surface area contributed by atoms with Crippen LogP contribution in [0, 0.1) is 0 Å². The standard InChI is InChI=1S/C13H13N5O/c1-7(2)9-10-11(18-17-9)13(19)16-12(15-10)8-3-5-14-6-4-8/h3-7H,1-2H3,(H,17,18)(H,15,16,19). The number of nitrogens with zero attached hydrogens (tertiary/aromatic N) is 3. The first-order chi connectivity index (χ1) is 9.16. The molecule has 0 saturated carbocycles. The summed E-state index contributed by atoms with van der Waals surface area (Å²) in [5.41, 5.74) is 2.44. The number of rotatable bonds is 2. The molecule has 0 aliphatic carbocycles. The number of H-pyrrole nitrogens is 2. The van der Waals surface area contributed by atoms with Crippen molar-refractivity contribution in [3.63, 3.8) is 0 Å². The van der Waals surface area contributed by atoms with Crippen LogP contribution in [0.2, 0.25) is 0 Å². The van der Waals surface area contributed by atoms with Crippen LogP contribution < -0.4 is 5.56 Å². The van der Waals surface area contributed by atoms with Gasteiger partial charge in [-0.05, 0) is 18.1 Å². The van der Waals surface area contributed by atoms with Crippen LogP contribution in [0.3, 0.4) is 0 Å². The summed E-state index contributed by atoms with van der Waals surface area (Å²) in [6.07, 6.45) is 3.33. The Morgan fingerprint density at radius 1 is 1.16 bits per heavy atom. The highest BCUT2D eigenvalue weighted by Gasteiger charge is 2.14. The number of nitrogens with one attached hydrogen (secondary N) is 2. The molecule has 3 heterocycles. The smallest absolute Gasteiger partial charge is 0.279 e. The SMILES string of the molecule is CC(C)c1[nH]nc2c(=O)[nH]c(-c3ccncc3)nc12. The summed E-state index contributed by atoms with van der Waals surface area (Å²) in [5, 5.41) is 6.92. The largest absolute Gasteiger partial charge is 0.305 e. The lowest BCUT2D eigenvalue weighted by Gasteiger charge is -2.03. The number of fused-ring (bicyclic) bond motifs is 1. The third kappa shape index (κ3) is 1.91. The van der Waals surface area contributed by atoms with Crippen LogP contribution in [0.25, 0.3) is 22.4 Å². The fourth-order valence-corrected chi connectivity index (χ4v) is 1.98. The van der Waals surface area contributed by atoms with Crippen LogP contribution in [-0.4, -0.2) is 25.1 Å². The molecule has 0 bridgehead atoms. The predicted molar refractivity (Wildman–Crippen MR) is 71.8 cm³/mol. The molecule has 0 amide bonds. The molecule has 6 nitrogen and oxygen atoms in total. The Labute approximate surface area is 108 Å². The van der Waals surface area contributed by atoms with Crippen LogP contribution in [0.1, 0.15) is 25.5 Å². The minimum atomic E-state index is -0.236. The Balaban J connectivity index is 2.29. The Bertz CT molecular complexity index is 773. The first kappa shape index (κ1) is 11.6. The maximum Gasteiger partial charge on any atom is 0.279 e. The highest BCUT2D eigenvalue weighted by molar-refractivity contribution is 5.78. The highest BCUT2D eigenvalue weighted by Crippen LogP contribution is 2.21. The number of pyridine rings is 1. The highest BCUT2D eigenvalue weighted by atomic mass is 16.1. The van der Waals surface area contributed by atoms with Crippen molar-refractivity contribution in [2.75, 3.05) is 0 Å². The molecule has 0 aliphatic rings. The van der Waals surface area contributed by atoms with Crippen molar-refractivity contribution in [2.24, 2.45) is 0 Å². The molecule has 6 heteroatoms. The van der Waals surface area contributed by atoms with Gasteiger partial charge in [-0.1, -0.05) is 13.8 Å². The van der Waals surface area contributed by atoms with Gasteiger partial charge in [-0.3, -0.25) is 14.9 Å². The molecule has 0 aromatic carbocycles. The van der Waals surface area contributed by atoms with Crippen molar-refractivity contribution in [3.05, 3.63) is 40.6 Å². The molecule has 96 valence electrons. The van der Waals surface area contributed by atoms with E-state index in [1.165, 1.54) is 0 Å². The van der Waals surface area contributed by atoms with Gasteiger partial charge in [-0.2, -0.15) is 5.10 Å². The maximum atomic E-state index is 12.0. The van der Waals surface area contributed by atoms with E-state index in [0.29, 0.717) is 16.9 Å². The van der Waals surface area contributed by atoms with E-state index >= 15 is 0 Å². The van der Waals surface area contributed by atoms with Crippen molar-refractivity contribution in [2.45, 2.75) is 19.8 Å². The number of aromatic amines is 2. The van der Waals surface area contributed by atoms with Gasteiger partial charge >= 0.3 is 0 Å². The molecule has 0 aliphatic heterocycles. The topological polar surface area (TPSA) is 87.3 Å². The summed E-state index contributed by atoms with van der Waals surface area (Å²) in [7, 11) is 0. The molecule has 0 saturated heterocycles. The molecule has 0 radical (unpaired) electrons. The molecule has 0 spiro atoms. The lowest BCUT2D eigenvalue weighted by Crippen LogP contribution is -2.09. The van der Waals surface area contributed by atoms with Gasteiger partial charge in [0.25, 0.3) is 5.56 Å². The predicted octanol–water partition coefficient (Wildman–Crippen LogP) is 1.83. The summed E-state index contributed by atoms with van der Waals surface area (Å²) >= 11 is 0. The molecule has 19 heavy (non-hydrogen) atoms. The van der Waals surface area contributed by atoms with Crippen LogP contribution >= 0.6 is 0 Å². The summed E-state index contributed by atoms with van der Waals surface area (Å²) in [5.74, 6) is 0.757. The molecule has 3 aromatic rings. The first-order valence-electron chi connectivity index (χ1n) is 6.05. The van der Waals surface area contributed by atoms with Crippen molar-refractivity contribution < 1.29 is 0 Å². The molecule has 2 N–H and O–H groups in total.